The number of hydrogen-bond acceptors (Lipinski definition) is 15. The van der Waals surface area contributed by atoms with Gasteiger partial charge in [-0.15, -0.1) is 0 Å². The molecule has 3 aromatic rings. The SMILES string of the molecule is C=C(NCc1ccc(C(=O)NCCCCC(NC(=O)NC(CCC(=O)O)C(=O)O)C(=O)O)cc1)c1ccc(CCC(=O)c2ccc(CNC(=O)CN3CCN(CC(=O)O)CCN(CC(=O)O)CCN(CC(=O)O)CC3)cc2)cc1. The van der Waals surface area contributed by atoms with Crippen LogP contribution in [0, 0.1) is 0 Å². The summed E-state index contributed by atoms with van der Waals surface area (Å²) < 4.78 is 0. The molecule has 1 aliphatic rings. The van der Waals surface area contributed by atoms with Crippen LogP contribution in [0.1, 0.15) is 81.5 Å². The van der Waals surface area contributed by atoms with E-state index < -0.39 is 60.4 Å². The monoisotopic (exact) mass is 1100 g/mol. The number of nitrogens with zero attached hydrogens (tertiary/aromatic N) is 4. The van der Waals surface area contributed by atoms with Crippen molar-refractivity contribution >= 4 is 65.1 Å². The highest BCUT2D eigenvalue weighted by molar-refractivity contribution is 5.96. The number of benzene rings is 3. The van der Waals surface area contributed by atoms with E-state index in [2.05, 4.69) is 33.2 Å². The van der Waals surface area contributed by atoms with Crippen molar-refractivity contribution in [3.05, 3.63) is 113 Å². The molecular formula is C54H71N9O16. The Balaban J connectivity index is 1.16. The minimum atomic E-state index is -1.52. The number of nitrogens with one attached hydrogen (secondary N) is 5. The van der Waals surface area contributed by atoms with Crippen LogP contribution in [0.3, 0.4) is 0 Å². The molecule has 0 aliphatic carbocycles. The minimum absolute atomic E-state index is 0.00761. The van der Waals surface area contributed by atoms with Gasteiger partial charge in [-0.25, -0.2) is 14.4 Å². The molecule has 11 N–H and O–H groups in total. The molecule has 1 fully saturated rings. The van der Waals surface area contributed by atoms with E-state index in [1.54, 1.807) is 63.2 Å². The number of urea groups is 1. The van der Waals surface area contributed by atoms with Crippen LogP contribution in [0.25, 0.3) is 5.70 Å². The first-order chi connectivity index (χ1) is 37.6. The van der Waals surface area contributed by atoms with Crippen LogP contribution in [0.2, 0.25) is 0 Å². The molecule has 0 spiro atoms. The van der Waals surface area contributed by atoms with Crippen molar-refractivity contribution in [2.75, 3.05) is 85.1 Å². The fourth-order valence-corrected chi connectivity index (χ4v) is 8.33. The van der Waals surface area contributed by atoms with Crippen LogP contribution in [0.5, 0.6) is 0 Å². The van der Waals surface area contributed by atoms with Gasteiger partial charge in [0.2, 0.25) is 5.91 Å². The second kappa shape index (κ2) is 33.1. The number of aliphatic carboxylic acids is 6. The first-order valence-electron chi connectivity index (χ1n) is 25.7. The molecule has 428 valence electrons. The van der Waals surface area contributed by atoms with Gasteiger partial charge in [-0.2, -0.15) is 0 Å². The van der Waals surface area contributed by atoms with Gasteiger partial charge in [0.05, 0.1) is 26.2 Å². The van der Waals surface area contributed by atoms with Gasteiger partial charge in [0.15, 0.2) is 5.78 Å². The van der Waals surface area contributed by atoms with E-state index in [1.165, 1.54) is 0 Å². The number of ketones is 1. The molecule has 3 aromatic carbocycles. The lowest BCUT2D eigenvalue weighted by atomic mass is 10.0. The Morgan fingerprint density at radius 1 is 0.456 bits per heavy atom. The number of carbonyl (C=O) groups is 10. The number of amides is 4. The summed E-state index contributed by atoms with van der Waals surface area (Å²) in [5.41, 5.74) is 5.04. The van der Waals surface area contributed by atoms with E-state index in [4.69, 9.17) is 5.11 Å². The lowest BCUT2D eigenvalue weighted by Gasteiger charge is -2.32. The average Bonchev–Trinajstić information content (AvgIpc) is 3.40. The quantitative estimate of drug-likeness (QED) is 0.0320. The smallest absolute Gasteiger partial charge is 0.326 e. The minimum Gasteiger partial charge on any atom is -0.481 e. The Hall–Kier alpha value is -8.26. The Bertz CT molecular complexity index is 2550. The van der Waals surface area contributed by atoms with Gasteiger partial charge in [-0.3, -0.25) is 53.2 Å². The van der Waals surface area contributed by atoms with Crippen molar-refractivity contribution in [1.29, 1.82) is 0 Å². The number of rotatable bonds is 31. The summed E-state index contributed by atoms with van der Waals surface area (Å²) in [6.45, 7) is 6.40. The van der Waals surface area contributed by atoms with Gasteiger partial charge < -0.3 is 57.2 Å². The lowest BCUT2D eigenvalue weighted by molar-refractivity contribution is -0.141. The topological polar surface area (TPSA) is 365 Å². The highest BCUT2D eigenvalue weighted by Gasteiger charge is 2.26. The third kappa shape index (κ3) is 24.7. The zero-order valence-corrected chi connectivity index (χ0v) is 43.9. The molecule has 2 unspecified atom stereocenters. The molecule has 4 amide bonds. The molecule has 25 heteroatoms. The molecule has 4 rings (SSSR count). The fourth-order valence-electron chi connectivity index (χ4n) is 8.33. The maximum absolute atomic E-state index is 13.2. The second-order valence-corrected chi connectivity index (χ2v) is 19.0. The number of hydrogen-bond donors (Lipinski definition) is 11. The van der Waals surface area contributed by atoms with Crippen LogP contribution >= 0.6 is 0 Å². The van der Waals surface area contributed by atoms with Gasteiger partial charge in [-0.05, 0) is 66.5 Å². The summed E-state index contributed by atoms with van der Waals surface area (Å²) in [6.07, 6.45) is 0.550. The van der Waals surface area contributed by atoms with E-state index in [-0.39, 0.29) is 115 Å². The molecule has 79 heavy (non-hydrogen) atoms. The molecule has 0 bridgehead atoms. The number of carboxylic acid groups (broad SMARTS) is 6. The maximum Gasteiger partial charge on any atom is 0.326 e. The first kappa shape index (κ1) is 63.3. The highest BCUT2D eigenvalue weighted by atomic mass is 16.4. The Morgan fingerprint density at radius 2 is 0.873 bits per heavy atom. The van der Waals surface area contributed by atoms with Crippen molar-refractivity contribution in [3.8, 4) is 0 Å². The predicted molar refractivity (Wildman–Crippen MR) is 286 cm³/mol. The summed E-state index contributed by atoms with van der Waals surface area (Å²) in [7, 11) is 0. The van der Waals surface area contributed by atoms with E-state index in [0.29, 0.717) is 55.7 Å². The van der Waals surface area contributed by atoms with Crippen LogP contribution in [0.4, 0.5) is 4.79 Å². The molecule has 0 saturated carbocycles. The summed E-state index contributed by atoms with van der Waals surface area (Å²) in [4.78, 5) is 127. The molecular weight excluding hydrogens is 1030 g/mol. The van der Waals surface area contributed by atoms with Gasteiger partial charge in [0, 0.05) is 102 Å². The van der Waals surface area contributed by atoms with Gasteiger partial charge >= 0.3 is 41.8 Å². The van der Waals surface area contributed by atoms with E-state index in [9.17, 15) is 73.5 Å². The molecule has 0 radical (unpaired) electrons. The average molecular weight is 1100 g/mol. The molecule has 1 saturated heterocycles. The van der Waals surface area contributed by atoms with Crippen LogP contribution < -0.4 is 26.6 Å². The molecule has 25 nitrogen and oxygen atoms in total. The Kier molecular flexibility index (Phi) is 26.5. The van der Waals surface area contributed by atoms with Crippen molar-refractivity contribution in [2.45, 2.75) is 70.1 Å². The van der Waals surface area contributed by atoms with Crippen molar-refractivity contribution in [1.82, 2.24) is 46.2 Å². The Labute approximate surface area is 456 Å². The normalized spacial score (nSPS) is 14.7. The third-order valence-corrected chi connectivity index (χ3v) is 12.9. The zero-order chi connectivity index (χ0) is 57.9. The van der Waals surface area contributed by atoms with Crippen LogP contribution in [-0.4, -0.2) is 207 Å². The maximum atomic E-state index is 13.2. The van der Waals surface area contributed by atoms with Crippen molar-refractivity contribution < 1.29 is 78.6 Å². The fraction of sp³-hybridized carbons (Fsp3) is 0.444. The van der Waals surface area contributed by atoms with Gasteiger partial charge in [0.1, 0.15) is 12.1 Å². The lowest BCUT2D eigenvalue weighted by Crippen LogP contribution is -2.51. The van der Waals surface area contributed by atoms with E-state index >= 15 is 0 Å². The summed E-state index contributed by atoms with van der Waals surface area (Å²) >= 11 is 0. The van der Waals surface area contributed by atoms with Gasteiger partial charge in [0.25, 0.3) is 5.91 Å². The zero-order valence-electron chi connectivity index (χ0n) is 43.9. The Morgan fingerprint density at radius 3 is 1.33 bits per heavy atom. The number of unbranched alkanes of at least 4 members (excludes halogenated alkanes) is 1. The molecule has 1 heterocycles. The van der Waals surface area contributed by atoms with Crippen LogP contribution in [0.15, 0.2) is 79.4 Å². The van der Waals surface area contributed by atoms with E-state index in [0.717, 1.165) is 22.3 Å². The summed E-state index contributed by atoms with van der Waals surface area (Å²) in [5.74, 6) is -7.87. The summed E-state index contributed by atoms with van der Waals surface area (Å²) in [6, 6.07) is 17.6. The third-order valence-electron chi connectivity index (χ3n) is 12.9. The standard InChI is InChI=1S/C54H71N9O16/c1-36(56-30-38-9-16-42(17-10-38)51(74)55-21-3-2-4-43(52(75)76)58-54(79)59-44(53(77)78)18-20-47(66)67)40-12-5-37(6-13-40)11-19-45(64)41-14-7-39(8-15-41)31-57-46(65)32-60-22-24-61(33-48(68)69)26-28-63(35-50(72)73)29-27-62(25-23-60)34-49(70)71/h5-10,12-17,43-44,56H,1-4,11,18-35H2,(H,55,74)(H,57,65)(H,66,67)(H,68,69)(H,70,71)(H,72,73)(H,75,76)(H,77,78)(H2,58,59,79). The number of carbonyl (C=O) groups excluding carboxylic acids is 4. The second-order valence-electron chi connectivity index (χ2n) is 19.0. The number of aryl methyl sites for hydroxylation is 1. The highest BCUT2D eigenvalue weighted by Crippen LogP contribution is 2.16. The number of Topliss-reactive ketones (excluding diaryl/α,β-unsaturated/α-hetero) is 1. The largest absolute Gasteiger partial charge is 0.481 e. The molecule has 1 aliphatic heterocycles. The summed E-state index contributed by atoms with van der Waals surface area (Å²) in [5, 5.41) is 69.1. The molecule has 2 atom stereocenters. The van der Waals surface area contributed by atoms with Crippen molar-refractivity contribution in [2.24, 2.45) is 0 Å². The number of carboxylic acids is 6. The predicted octanol–water partition coefficient (Wildman–Crippen LogP) is 1.32. The van der Waals surface area contributed by atoms with Crippen molar-refractivity contribution in [3.63, 3.8) is 0 Å². The van der Waals surface area contributed by atoms with E-state index in [1.807, 2.05) is 29.2 Å². The van der Waals surface area contributed by atoms with Gasteiger partial charge in [-0.1, -0.05) is 67.2 Å². The van der Waals surface area contributed by atoms with Crippen LogP contribution in [-0.2, 0) is 53.1 Å². The molecule has 0 aromatic heterocycles. The first-order valence-corrected chi connectivity index (χ1v) is 25.7.